The number of nitrogens with zero attached hydrogens (tertiary/aromatic N) is 4. The van der Waals surface area contributed by atoms with E-state index in [1.807, 2.05) is 4.90 Å². The molecule has 3 atom stereocenters. The Hall–Kier alpha value is -2.44. The number of fused-ring (bicyclic) bond motifs is 2. The van der Waals surface area contributed by atoms with Crippen molar-refractivity contribution in [1.82, 2.24) is 20.0 Å². The molecule has 2 aliphatic rings. The molecule has 2 aromatic rings. The second-order valence-electron chi connectivity index (χ2n) is 8.12. The molecule has 0 spiro atoms. The van der Waals surface area contributed by atoms with Gasteiger partial charge in [-0.05, 0) is 62.1 Å². The number of benzene rings is 1. The van der Waals surface area contributed by atoms with Crippen LogP contribution in [0, 0.1) is 13.8 Å². The molecule has 1 aromatic carbocycles. The number of aromatic nitrogens is 2. The molecule has 7 heteroatoms. The molecule has 2 fully saturated rings. The maximum Gasteiger partial charge on any atom is 0.274 e. The molecule has 3 heterocycles. The van der Waals surface area contributed by atoms with Crippen LogP contribution in [0.25, 0.3) is 0 Å². The minimum Gasteiger partial charge on any atom is -0.489 e. The van der Waals surface area contributed by atoms with Gasteiger partial charge in [-0.1, -0.05) is 30.3 Å². The molecule has 0 N–H and O–H groups in total. The smallest absolute Gasteiger partial charge is 0.274 e. The Morgan fingerprint density at radius 2 is 2.03 bits per heavy atom. The number of hydrogen-bond acceptors (Lipinski definition) is 5. The van der Waals surface area contributed by atoms with Crippen LogP contribution >= 0.6 is 11.6 Å². The second-order valence-corrected chi connectivity index (χ2v) is 8.50. The standard InChI is InChI=1S/C23H27ClN4O2/c1-5-10-30-21-8-6-19(14(2)15(21)3)16(4)27-12-18-11-17(27)13-28(18)23(29)20-7-9-22(24)26-25-20/h5-9,16-18H,1,10-13H2,2-4H3/t16-,17-,18-/m0/s1. The number of carbonyl (C=O) groups excluding carboxylic acids is 1. The summed E-state index contributed by atoms with van der Waals surface area (Å²) in [5.74, 6) is 0.849. The molecule has 0 saturated carbocycles. The number of amides is 1. The Bertz CT molecular complexity index is 962. The molecule has 0 unspecified atom stereocenters. The van der Waals surface area contributed by atoms with Gasteiger partial charge in [-0.15, -0.1) is 10.2 Å². The third kappa shape index (κ3) is 3.70. The van der Waals surface area contributed by atoms with E-state index >= 15 is 0 Å². The summed E-state index contributed by atoms with van der Waals surface area (Å²) in [6, 6.07) is 8.32. The van der Waals surface area contributed by atoms with Gasteiger partial charge in [-0.3, -0.25) is 9.69 Å². The molecule has 2 saturated heterocycles. The topological polar surface area (TPSA) is 58.6 Å². The fourth-order valence-electron chi connectivity index (χ4n) is 4.75. The van der Waals surface area contributed by atoms with Gasteiger partial charge in [0, 0.05) is 31.2 Å². The lowest BCUT2D eigenvalue weighted by Gasteiger charge is -2.38. The van der Waals surface area contributed by atoms with E-state index < -0.39 is 0 Å². The van der Waals surface area contributed by atoms with E-state index in [1.165, 1.54) is 16.7 Å². The van der Waals surface area contributed by atoms with Gasteiger partial charge >= 0.3 is 0 Å². The van der Waals surface area contributed by atoms with Crippen LogP contribution in [0.5, 0.6) is 5.75 Å². The Kier molecular flexibility index (Phi) is 5.80. The third-order valence-corrected chi connectivity index (χ3v) is 6.68. The number of likely N-dealkylation sites (tertiary alicyclic amines) is 2. The summed E-state index contributed by atoms with van der Waals surface area (Å²) in [6.45, 7) is 12.3. The number of hydrogen-bond donors (Lipinski definition) is 0. The monoisotopic (exact) mass is 426 g/mol. The van der Waals surface area contributed by atoms with Crippen LogP contribution in [-0.2, 0) is 0 Å². The van der Waals surface area contributed by atoms with E-state index in [-0.39, 0.29) is 18.0 Å². The quantitative estimate of drug-likeness (QED) is 0.654. The molecular formula is C23H27ClN4O2. The molecule has 4 rings (SSSR count). The minimum atomic E-state index is -0.0604. The first kappa shape index (κ1) is 20.8. The van der Waals surface area contributed by atoms with Crippen molar-refractivity contribution in [3.05, 3.63) is 64.5 Å². The van der Waals surface area contributed by atoms with Crippen LogP contribution in [0.15, 0.2) is 36.9 Å². The average molecular weight is 427 g/mol. The molecule has 158 valence electrons. The SMILES string of the molecule is C=CCOc1ccc([C@H](C)N2C[C@@H]3C[C@H]2CN3C(=O)c2ccc(Cl)nn2)c(C)c1C. The van der Waals surface area contributed by atoms with E-state index in [0.29, 0.717) is 23.5 Å². The first-order valence-corrected chi connectivity index (χ1v) is 10.7. The Morgan fingerprint density at radius 1 is 1.23 bits per heavy atom. The van der Waals surface area contributed by atoms with Crippen molar-refractivity contribution in [3.8, 4) is 5.75 Å². The van der Waals surface area contributed by atoms with Crippen molar-refractivity contribution in [2.24, 2.45) is 0 Å². The van der Waals surface area contributed by atoms with Crippen LogP contribution in [0.4, 0.5) is 0 Å². The largest absolute Gasteiger partial charge is 0.489 e. The van der Waals surface area contributed by atoms with Crippen LogP contribution in [-0.4, -0.2) is 57.7 Å². The van der Waals surface area contributed by atoms with E-state index in [2.05, 4.69) is 54.6 Å². The molecule has 0 aliphatic carbocycles. The predicted molar refractivity (Wildman–Crippen MR) is 117 cm³/mol. The third-order valence-electron chi connectivity index (χ3n) is 6.48. The zero-order chi connectivity index (χ0) is 21.4. The van der Waals surface area contributed by atoms with Crippen molar-refractivity contribution in [2.45, 2.75) is 45.3 Å². The molecule has 30 heavy (non-hydrogen) atoms. The number of ether oxygens (including phenoxy) is 1. The highest BCUT2D eigenvalue weighted by atomic mass is 35.5. The van der Waals surface area contributed by atoms with Gasteiger partial charge in [-0.25, -0.2) is 0 Å². The Balaban J connectivity index is 1.47. The highest BCUT2D eigenvalue weighted by Crippen LogP contribution is 2.39. The summed E-state index contributed by atoms with van der Waals surface area (Å²) < 4.78 is 5.77. The van der Waals surface area contributed by atoms with Crippen molar-refractivity contribution in [2.75, 3.05) is 19.7 Å². The Morgan fingerprint density at radius 3 is 2.67 bits per heavy atom. The lowest BCUT2D eigenvalue weighted by molar-refractivity contribution is 0.0562. The maximum absolute atomic E-state index is 12.9. The fourth-order valence-corrected chi connectivity index (χ4v) is 4.85. The van der Waals surface area contributed by atoms with Crippen LogP contribution in [0.3, 0.4) is 0 Å². The van der Waals surface area contributed by atoms with Crippen LogP contribution in [0.2, 0.25) is 5.15 Å². The van der Waals surface area contributed by atoms with Crippen LogP contribution in [0.1, 0.15) is 46.6 Å². The van der Waals surface area contributed by atoms with Crippen LogP contribution < -0.4 is 4.74 Å². The summed E-state index contributed by atoms with van der Waals surface area (Å²) in [4.78, 5) is 17.3. The van der Waals surface area contributed by atoms with Gasteiger partial charge < -0.3 is 9.64 Å². The normalized spacial score (nSPS) is 21.7. The highest BCUT2D eigenvalue weighted by Gasteiger charge is 2.47. The van der Waals surface area contributed by atoms with Gasteiger partial charge in [0.2, 0.25) is 0 Å². The molecule has 1 amide bonds. The van der Waals surface area contributed by atoms with Crippen molar-refractivity contribution < 1.29 is 9.53 Å². The molecule has 2 bridgehead atoms. The van der Waals surface area contributed by atoms with Gasteiger partial charge in [-0.2, -0.15) is 0 Å². The number of halogens is 1. The lowest BCUT2D eigenvalue weighted by atomic mass is 9.96. The van der Waals surface area contributed by atoms with Gasteiger partial charge in [0.05, 0.1) is 0 Å². The molecule has 6 nitrogen and oxygen atoms in total. The van der Waals surface area contributed by atoms with Gasteiger partial charge in [0.25, 0.3) is 5.91 Å². The summed E-state index contributed by atoms with van der Waals surface area (Å²) in [5.41, 5.74) is 4.10. The van der Waals surface area contributed by atoms with E-state index in [1.54, 1.807) is 18.2 Å². The fraction of sp³-hybridized carbons (Fsp3) is 0.435. The van der Waals surface area contributed by atoms with Gasteiger partial charge in [0.15, 0.2) is 10.8 Å². The van der Waals surface area contributed by atoms with Crippen molar-refractivity contribution >= 4 is 17.5 Å². The minimum absolute atomic E-state index is 0.0604. The van der Waals surface area contributed by atoms with E-state index in [0.717, 1.165) is 25.3 Å². The van der Waals surface area contributed by atoms with Gasteiger partial charge in [0.1, 0.15) is 12.4 Å². The first-order valence-electron chi connectivity index (χ1n) is 10.3. The summed E-state index contributed by atoms with van der Waals surface area (Å²) in [5, 5.41) is 8.05. The second kappa shape index (κ2) is 8.36. The van der Waals surface area contributed by atoms with E-state index in [9.17, 15) is 4.79 Å². The number of rotatable bonds is 6. The first-order chi connectivity index (χ1) is 14.4. The average Bonchev–Trinajstić information content (AvgIpc) is 3.35. The summed E-state index contributed by atoms with van der Waals surface area (Å²) in [7, 11) is 0. The molecule has 2 aliphatic heterocycles. The van der Waals surface area contributed by atoms with Crippen molar-refractivity contribution in [3.63, 3.8) is 0 Å². The molecule has 1 aromatic heterocycles. The number of piperazine rings is 1. The molecule has 0 radical (unpaired) electrons. The zero-order valence-corrected chi connectivity index (χ0v) is 18.4. The zero-order valence-electron chi connectivity index (χ0n) is 17.6. The number of carbonyl (C=O) groups is 1. The highest BCUT2D eigenvalue weighted by molar-refractivity contribution is 6.29. The maximum atomic E-state index is 12.9. The lowest BCUT2D eigenvalue weighted by Crippen LogP contribution is -2.49. The summed E-state index contributed by atoms with van der Waals surface area (Å²) >= 11 is 5.79. The van der Waals surface area contributed by atoms with E-state index in [4.69, 9.17) is 16.3 Å². The molecular weight excluding hydrogens is 400 g/mol. The Labute approximate surface area is 182 Å². The predicted octanol–water partition coefficient (Wildman–Crippen LogP) is 3.97. The summed E-state index contributed by atoms with van der Waals surface area (Å²) in [6.07, 6.45) is 2.75. The van der Waals surface area contributed by atoms with Crippen molar-refractivity contribution in [1.29, 1.82) is 0 Å².